The Labute approximate surface area is 232 Å². The minimum absolute atomic E-state index is 0.0952. The Hall–Kier alpha value is -3.22. The third kappa shape index (κ3) is 6.34. The smallest absolute Gasteiger partial charge is 0.248 e. The predicted molar refractivity (Wildman–Crippen MR) is 148 cm³/mol. The average molecular weight is 569 g/mol. The van der Waals surface area contributed by atoms with E-state index < -0.39 is 16.1 Å². The van der Waals surface area contributed by atoms with Crippen LogP contribution in [0.15, 0.2) is 53.0 Å². The molecule has 206 valence electrons. The lowest BCUT2D eigenvalue weighted by atomic mass is 9.84. The molecule has 2 amide bonds. The van der Waals surface area contributed by atoms with E-state index in [2.05, 4.69) is 20.3 Å². The van der Waals surface area contributed by atoms with Crippen molar-refractivity contribution in [1.29, 1.82) is 0 Å². The Balaban J connectivity index is 1.33. The van der Waals surface area contributed by atoms with E-state index in [4.69, 9.17) is 0 Å². The summed E-state index contributed by atoms with van der Waals surface area (Å²) in [6.07, 6.45) is 9.32. The number of hydrogen-bond donors (Lipinski definition) is 1. The number of nitrogens with zero attached hydrogens (tertiary/aromatic N) is 5. The van der Waals surface area contributed by atoms with Gasteiger partial charge in [0.2, 0.25) is 21.8 Å². The first kappa shape index (κ1) is 27.4. The predicted octanol–water partition coefficient (Wildman–Crippen LogP) is 3.72. The molecule has 0 bridgehead atoms. The number of carbonyl (C=O) groups is 2. The van der Waals surface area contributed by atoms with Crippen LogP contribution >= 0.6 is 11.3 Å². The van der Waals surface area contributed by atoms with Gasteiger partial charge in [0.1, 0.15) is 11.9 Å². The first-order valence-electron chi connectivity index (χ1n) is 13.2. The van der Waals surface area contributed by atoms with Crippen molar-refractivity contribution in [1.82, 2.24) is 24.2 Å². The van der Waals surface area contributed by atoms with Gasteiger partial charge < -0.3 is 10.2 Å². The normalized spacial score (nSPS) is 18.2. The third-order valence-electron chi connectivity index (χ3n) is 7.39. The van der Waals surface area contributed by atoms with Gasteiger partial charge in [0.15, 0.2) is 5.13 Å². The van der Waals surface area contributed by atoms with E-state index in [1.54, 1.807) is 53.9 Å². The van der Waals surface area contributed by atoms with Crippen molar-refractivity contribution in [2.45, 2.75) is 56.4 Å². The van der Waals surface area contributed by atoms with E-state index in [9.17, 15) is 18.0 Å². The Morgan fingerprint density at radius 1 is 1.13 bits per heavy atom. The molecule has 1 atom stereocenters. The van der Waals surface area contributed by atoms with Gasteiger partial charge in [-0.2, -0.15) is 4.31 Å². The summed E-state index contributed by atoms with van der Waals surface area (Å²) >= 11 is 1.32. The minimum atomic E-state index is -3.94. The zero-order valence-corrected chi connectivity index (χ0v) is 23.5. The minimum Gasteiger partial charge on any atom is -0.328 e. The molecule has 3 aromatic rings. The molecule has 1 aromatic carbocycles. The van der Waals surface area contributed by atoms with Crippen LogP contribution in [0.2, 0.25) is 0 Å². The summed E-state index contributed by atoms with van der Waals surface area (Å²) in [6, 6.07) is 7.61. The molecular weight excluding hydrogens is 536 g/mol. The first-order chi connectivity index (χ1) is 18.8. The molecule has 1 saturated heterocycles. The summed E-state index contributed by atoms with van der Waals surface area (Å²) in [5.41, 5.74) is 1.27. The highest BCUT2D eigenvalue weighted by molar-refractivity contribution is 7.89. The molecule has 0 spiro atoms. The molecule has 2 aromatic heterocycles. The number of carbonyl (C=O) groups excluding carboxylic acids is 2. The van der Waals surface area contributed by atoms with E-state index in [0.29, 0.717) is 34.6 Å². The Morgan fingerprint density at radius 3 is 2.67 bits per heavy atom. The Bertz CT molecular complexity index is 1420. The number of anilines is 1. The summed E-state index contributed by atoms with van der Waals surface area (Å²) in [6.45, 7) is 1.71. The SMILES string of the molecule is Cc1nccc(-c2cccc(S(=O)(=O)N3CCN(C(CC4CCCCC4)C(=O)Nc4nccs4)C(=O)C3)c2)n1. The number of thiazole rings is 1. The highest BCUT2D eigenvalue weighted by atomic mass is 32.2. The summed E-state index contributed by atoms with van der Waals surface area (Å²) in [5, 5.41) is 5.12. The topological polar surface area (TPSA) is 125 Å². The van der Waals surface area contributed by atoms with E-state index in [1.165, 1.54) is 28.1 Å². The number of piperazine rings is 1. The largest absolute Gasteiger partial charge is 0.328 e. The van der Waals surface area contributed by atoms with Gasteiger partial charge in [-0.25, -0.2) is 23.4 Å². The molecule has 1 aliphatic carbocycles. The van der Waals surface area contributed by atoms with Gasteiger partial charge in [-0.05, 0) is 37.5 Å². The molecule has 10 nitrogen and oxygen atoms in total. The van der Waals surface area contributed by atoms with Crippen molar-refractivity contribution in [2.24, 2.45) is 5.92 Å². The second-order valence-corrected chi connectivity index (χ2v) is 12.9. The Kier molecular flexibility index (Phi) is 8.34. The van der Waals surface area contributed by atoms with Crippen LogP contribution in [0, 0.1) is 12.8 Å². The fourth-order valence-corrected chi connectivity index (χ4v) is 7.33. The van der Waals surface area contributed by atoms with Crippen molar-refractivity contribution >= 4 is 38.3 Å². The van der Waals surface area contributed by atoms with E-state index in [0.717, 1.165) is 25.7 Å². The molecule has 1 N–H and O–H groups in total. The monoisotopic (exact) mass is 568 g/mol. The lowest BCUT2D eigenvalue weighted by molar-refractivity contribution is -0.142. The van der Waals surface area contributed by atoms with Crippen molar-refractivity contribution in [3.63, 3.8) is 0 Å². The zero-order chi connectivity index (χ0) is 27.4. The maximum atomic E-state index is 13.6. The number of aryl methyl sites for hydroxylation is 1. The number of amides is 2. The van der Waals surface area contributed by atoms with Crippen LogP contribution in [0.4, 0.5) is 5.13 Å². The summed E-state index contributed by atoms with van der Waals surface area (Å²) in [5.74, 6) is 0.299. The second kappa shape index (κ2) is 11.9. The summed E-state index contributed by atoms with van der Waals surface area (Å²) < 4.78 is 28.3. The van der Waals surface area contributed by atoms with Crippen LogP contribution in [-0.4, -0.2) is 70.1 Å². The molecule has 39 heavy (non-hydrogen) atoms. The van der Waals surface area contributed by atoms with Gasteiger partial charge in [0.05, 0.1) is 17.1 Å². The molecule has 0 radical (unpaired) electrons. The third-order valence-corrected chi connectivity index (χ3v) is 9.92. The maximum absolute atomic E-state index is 13.6. The number of aromatic nitrogens is 3. The van der Waals surface area contributed by atoms with Gasteiger partial charge in [0.25, 0.3) is 0 Å². The molecule has 3 heterocycles. The van der Waals surface area contributed by atoms with Crippen LogP contribution in [0.1, 0.15) is 44.3 Å². The summed E-state index contributed by atoms with van der Waals surface area (Å²) in [4.78, 5) is 41.0. The number of nitrogens with one attached hydrogen (secondary N) is 1. The van der Waals surface area contributed by atoms with E-state index in [-0.39, 0.29) is 36.3 Å². The second-order valence-electron chi connectivity index (χ2n) is 10.0. The van der Waals surface area contributed by atoms with E-state index >= 15 is 0 Å². The van der Waals surface area contributed by atoms with Gasteiger partial charge in [-0.3, -0.25) is 9.59 Å². The van der Waals surface area contributed by atoms with Crippen LogP contribution in [0.25, 0.3) is 11.3 Å². The molecular formula is C27H32N6O4S2. The van der Waals surface area contributed by atoms with Crippen LogP contribution < -0.4 is 5.32 Å². The van der Waals surface area contributed by atoms with Crippen molar-refractivity contribution in [3.05, 3.63) is 53.9 Å². The van der Waals surface area contributed by atoms with Gasteiger partial charge in [-0.1, -0.05) is 44.2 Å². The number of benzene rings is 1. The van der Waals surface area contributed by atoms with Gasteiger partial charge >= 0.3 is 0 Å². The van der Waals surface area contributed by atoms with Crippen LogP contribution in [0.3, 0.4) is 0 Å². The molecule has 1 aliphatic heterocycles. The molecule has 2 fully saturated rings. The maximum Gasteiger partial charge on any atom is 0.248 e. The molecule has 5 rings (SSSR count). The van der Waals surface area contributed by atoms with Crippen molar-refractivity contribution < 1.29 is 18.0 Å². The highest BCUT2D eigenvalue weighted by Gasteiger charge is 2.39. The molecule has 2 aliphatic rings. The standard InChI is InChI=1S/C27H32N6O4S2/c1-19-28-11-10-23(30-19)21-8-5-9-22(17-21)39(36,37)32-13-14-33(25(34)18-32)24(16-20-6-3-2-4-7-20)26(35)31-27-29-12-15-38-27/h5,8-12,15,17,20,24H,2-4,6-7,13-14,16,18H2,1H3,(H,29,31,35). The fourth-order valence-electron chi connectivity index (χ4n) is 5.37. The van der Waals surface area contributed by atoms with Gasteiger partial charge in [0, 0.05) is 36.4 Å². The first-order valence-corrected chi connectivity index (χ1v) is 15.5. The number of hydrogen-bond acceptors (Lipinski definition) is 8. The Morgan fingerprint density at radius 2 is 1.95 bits per heavy atom. The number of rotatable bonds is 8. The fraction of sp³-hybridized carbons (Fsp3) is 0.444. The lowest BCUT2D eigenvalue weighted by Gasteiger charge is -2.39. The van der Waals surface area contributed by atoms with Gasteiger partial charge in [-0.15, -0.1) is 11.3 Å². The molecule has 1 unspecified atom stereocenters. The lowest BCUT2D eigenvalue weighted by Crippen LogP contribution is -2.58. The molecule has 12 heteroatoms. The summed E-state index contributed by atoms with van der Waals surface area (Å²) in [7, 11) is -3.94. The average Bonchev–Trinajstić information content (AvgIpc) is 3.45. The molecule has 1 saturated carbocycles. The highest BCUT2D eigenvalue weighted by Crippen LogP contribution is 2.31. The van der Waals surface area contributed by atoms with Crippen molar-refractivity contribution in [2.75, 3.05) is 25.0 Å². The quantitative estimate of drug-likeness (QED) is 0.439. The van der Waals surface area contributed by atoms with Crippen molar-refractivity contribution in [3.8, 4) is 11.3 Å². The zero-order valence-electron chi connectivity index (χ0n) is 21.8. The number of sulfonamides is 1. The van der Waals surface area contributed by atoms with Crippen LogP contribution in [-0.2, 0) is 19.6 Å². The van der Waals surface area contributed by atoms with Crippen LogP contribution in [0.5, 0.6) is 0 Å². The van der Waals surface area contributed by atoms with E-state index in [1.807, 2.05) is 0 Å².